The number of amides is 2. The van der Waals surface area contributed by atoms with Gasteiger partial charge >= 0.3 is 6.03 Å². The van der Waals surface area contributed by atoms with Gasteiger partial charge in [-0.15, -0.1) is 0 Å². The Morgan fingerprint density at radius 3 is 2.69 bits per heavy atom. The van der Waals surface area contributed by atoms with Crippen molar-refractivity contribution in [3.05, 3.63) is 42.2 Å². The lowest BCUT2D eigenvalue weighted by molar-refractivity contribution is 0.252. The van der Waals surface area contributed by atoms with Gasteiger partial charge in [0.25, 0.3) is 0 Å². The highest BCUT2D eigenvalue weighted by molar-refractivity contribution is 5.89. The number of benzene rings is 1. The second-order valence-electron chi connectivity index (χ2n) is 3.25. The van der Waals surface area contributed by atoms with Crippen LogP contribution in [0.15, 0.2) is 36.4 Å². The second-order valence-corrected chi connectivity index (χ2v) is 3.25. The summed E-state index contributed by atoms with van der Waals surface area (Å²) in [5, 5.41) is 5.29. The highest BCUT2D eigenvalue weighted by Gasteiger charge is 1.99. The van der Waals surface area contributed by atoms with Crippen molar-refractivity contribution < 1.29 is 9.18 Å². The summed E-state index contributed by atoms with van der Waals surface area (Å²) < 4.78 is 12.6. The molecule has 16 heavy (non-hydrogen) atoms. The van der Waals surface area contributed by atoms with Crippen molar-refractivity contribution in [3.63, 3.8) is 0 Å². The fourth-order valence-electron chi connectivity index (χ4n) is 1.14. The van der Waals surface area contributed by atoms with Gasteiger partial charge < -0.3 is 10.6 Å². The van der Waals surface area contributed by atoms with E-state index in [0.29, 0.717) is 12.2 Å². The van der Waals surface area contributed by atoms with E-state index in [2.05, 4.69) is 10.6 Å². The molecule has 0 aliphatic rings. The number of rotatable bonds is 4. The van der Waals surface area contributed by atoms with E-state index in [9.17, 15) is 9.18 Å². The van der Waals surface area contributed by atoms with Crippen molar-refractivity contribution >= 4 is 11.7 Å². The lowest BCUT2D eigenvalue weighted by Crippen LogP contribution is -2.29. The molecule has 0 fully saturated rings. The number of urea groups is 1. The SMILES string of the molecule is C/C=C/CCNC(=O)Nc1ccc(F)cc1. The lowest BCUT2D eigenvalue weighted by atomic mass is 10.3. The number of nitrogens with one attached hydrogen (secondary N) is 2. The van der Waals surface area contributed by atoms with E-state index in [1.807, 2.05) is 19.1 Å². The largest absolute Gasteiger partial charge is 0.338 e. The summed E-state index contributed by atoms with van der Waals surface area (Å²) in [5.41, 5.74) is 0.574. The first-order chi connectivity index (χ1) is 7.72. The first-order valence-electron chi connectivity index (χ1n) is 5.14. The molecule has 0 aliphatic heterocycles. The third-order valence-electron chi connectivity index (χ3n) is 1.93. The molecule has 0 aromatic heterocycles. The second kappa shape index (κ2) is 6.61. The van der Waals surface area contributed by atoms with Gasteiger partial charge in [-0.05, 0) is 37.6 Å². The van der Waals surface area contributed by atoms with E-state index in [-0.39, 0.29) is 11.8 Å². The van der Waals surface area contributed by atoms with Gasteiger partial charge in [0.15, 0.2) is 0 Å². The summed E-state index contributed by atoms with van der Waals surface area (Å²) in [7, 11) is 0. The fourth-order valence-corrected chi connectivity index (χ4v) is 1.14. The average Bonchev–Trinajstić information content (AvgIpc) is 2.28. The molecule has 2 N–H and O–H groups in total. The van der Waals surface area contributed by atoms with Gasteiger partial charge in [0.1, 0.15) is 5.82 Å². The number of hydrogen-bond acceptors (Lipinski definition) is 1. The van der Waals surface area contributed by atoms with Gasteiger partial charge in [0, 0.05) is 12.2 Å². The fraction of sp³-hybridized carbons (Fsp3) is 0.250. The minimum absolute atomic E-state index is 0.281. The molecule has 0 saturated heterocycles. The Hall–Kier alpha value is -1.84. The molecule has 0 spiro atoms. The van der Waals surface area contributed by atoms with Crippen molar-refractivity contribution in [2.24, 2.45) is 0 Å². The van der Waals surface area contributed by atoms with E-state index in [0.717, 1.165) is 6.42 Å². The van der Waals surface area contributed by atoms with Crippen LogP contribution in [-0.4, -0.2) is 12.6 Å². The topological polar surface area (TPSA) is 41.1 Å². The van der Waals surface area contributed by atoms with E-state index in [1.165, 1.54) is 24.3 Å². The first kappa shape index (κ1) is 12.2. The molecular weight excluding hydrogens is 207 g/mol. The van der Waals surface area contributed by atoms with E-state index in [1.54, 1.807) is 0 Å². The Labute approximate surface area is 94.4 Å². The third-order valence-corrected chi connectivity index (χ3v) is 1.93. The molecule has 0 atom stereocenters. The molecule has 0 aliphatic carbocycles. The van der Waals surface area contributed by atoms with Gasteiger partial charge in [-0.3, -0.25) is 0 Å². The van der Waals surface area contributed by atoms with Gasteiger partial charge in [-0.2, -0.15) is 0 Å². The lowest BCUT2D eigenvalue weighted by Gasteiger charge is -2.06. The standard InChI is InChI=1S/C12H15FN2O/c1-2-3-4-9-14-12(16)15-11-7-5-10(13)6-8-11/h2-3,5-8H,4,9H2,1H3,(H2,14,15,16)/b3-2+. The minimum Gasteiger partial charge on any atom is -0.338 e. The highest BCUT2D eigenvalue weighted by atomic mass is 19.1. The average molecular weight is 222 g/mol. The van der Waals surface area contributed by atoms with Gasteiger partial charge in [0.05, 0.1) is 0 Å². The van der Waals surface area contributed by atoms with Crippen molar-refractivity contribution in [1.29, 1.82) is 0 Å². The third kappa shape index (κ3) is 4.59. The number of anilines is 1. The molecule has 86 valence electrons. The van der Waals surface area contributed by atoms with E-state index >= 15 is 0 Å². The number of carbonyl (C=O) groups is 1. The zero-order valence-electron chi connectivity index (χ0n) is 9.16. The van der Waals surface area contributed by atoms with Crippen LogP contribution in [0.2, 0.25) is 0 Å². The quantitative estimate of drug-likeness (QED) is 0.597. The molecule has 3 nitrogen and oxygen atoms in total. The van der Waals surface area contributed by atoms with Gasteiger partial charge in [0.2, 0.25) is 0 Å². The van der Waals surface area contributed by atoms with Crippen LogP contribution in [0.3, 0.4) is 0 Å². The van der Waals surface area contributed by atoms with Crippen molar-refractivity contribution in [2.75, 3.05) is 11.9 Å². The number of carbonyl (C=O) groups excluding carboxylic acids is 1. The van der Waals surface area contributed by atoms with Crippen LogP contribution in [0.4, 0.5) is 14.9 Å². The van der Waals surface area contributed by atoms with Crippen LogP contribution in [0, 0.1) is 5.82 Å². The minimum atomic E-state index is -0.320. The Balaban J connectivity index is 2.31. The Kier molecular flexibility index (Phi) is 5.05. The molecule has 1 rings (SSSR count). The maximum absolute atomic E-state index is 12.6. The summed E-state index contributed by atoms with van der Waals surface area (Å²) >= 11 is 0. The molecule has 4 heteroatoms. The molecule has 0 bridgehead atoms. The first-order valence-corrected chi connectivity index (χ1v) is 5.14. The predicted octanol–water partition coefficient (Wildman–Crippen LogP) is 2.91. The van der Waals surface area contributed by atoms with Gasteiger partial charge in [-0.1, -0.05) is 12.2 Å². The molecule has 0 radical (unpaired) electrons. The Morgan fingerprint density at radius 2 is 2.06 bits per heavy atom. The Bertz CT molecular complexity index is 360. The van der Waals surface area contributed by atoms with Gasteiger partial charge in [-0.25, -0.2) is 9.18 Å². The van der Waals surface area contributed by atoms with Crippen LogP contribution in [0.1, 0.15) is 13.3 Å². The number of allylic oxidation sites excluding steroid dienone is 1. The molecule has 0 unspecified atom stereocenters. The maximum atomic E-state index is 12.6. The van der Waals surface area contributed by atoms with E-state index < -0.39 is 0 Å². The maximum Gasteiger partial charge on any atom is 0.319 e. The zero-order chi connectivity index (χ0) is 11.8. The monoisotopic (exact) mass is 222 g/mol. The summed E-state index contributed by atoms with van der Waals surface area (Å²) in [6.45, 7) is 2.51. The number of halogens is 1. The zero-order valence-corrected chi connectivity index (χ0v) is 9.16. The molecule has 1 aromatic carbocycles. The van der Waals surface area contributed by atoms with E-state index in [4.69, 9.17) is 0 Å². The van der Waals surface area contributed by atoms with Crippen LogP contribution >= 0.6 is 0 Å². The Morgan fingerprint density at radius 1 is 1.38 bits per heavy atom. The van der Waals surface area contributed by atoms with Crippen molar-refractivity contribution in [2.45, 2.75) is 13.3 Å². The molecule has 1 aromatic rings. The smallest absolute Gasteiger partial charge is 0.319 e. The summed E-state index contributed by atoms with van der Waals surface area (Å²) in [4.78, 5) is 11.3. The number of hydrogen-bond donors (Lipinski definition) is 2. The normalized spacial score (nSPS) is 10.4. The predicted molar refractivity (Wildman–Crippen MR) is 62.9 cm³/mol. The van der Waals surface area contributed by atoms with Crippen LogP contribution in [-0.2, 0) is 0 Å². The van der Waals surface area contributed by atoms with Crippen LogP contribution < -0.4 is 10.6 Å². The van der Waals surface area contributed by atoms with Crippen molar-refractivity contribution in [1.82, 2.24) is 5.32 Å². The van der Waals surface area contributed by atoms with Crippen molar-refractivity contribution in [3.8, 4) is 0 Å². The van der Waals surface area contributed by atoms with Crippen LogP contribution in [0.25, 0.3) is 0 Å². The summed E-state index contributed by atoms with van der Waals surface area (Å²) in [6, 6.07) is 5.35. The molecule has 2 amide bonds. The molecule has 0 heterocycles. The summed E-state index contributed by atoms with van der Waals surface area (Å²) in [6.07, 6.45) is 4.70. The molecular formula is C12H15FN2O. The highest BCUT2D eigenvalue weighted by Crippen LogP contribution is 2.07. The summed E-state index contributed by atoms with van der Waals surface area (Å²) in [5.74, 6) is -0.320. The molecule has 0 saturated carbocycles. The van der Waals surface area contributed by atoms with Crippen LogP contribution in [0.5, 0.6) is 0 Å².